The summed E-state index contributed by atoms with van der Waals surface area (Å²) in [6.45, 7) is 3.25. The number of fused-ring (bicyclic) bond motifs is 4. The highest BCUT2D eigenvalue weighted by atomic mass is 79.9. The lowest BCUT2D eigenvalue weighted by atomic mass is 10.1. The molecule has 2 heterocycles. The Morgan fingerprint density at radius 3 is 2.21 bits per heavy atom. The van der Waals surface area contributed by atoms with Gasteiger partial charge >= 0.3 is 0 Å². The summed E-state index contributed by atoms with van der Waals surface area (Å²) in [6, 6.07) is 12.4. The maximum Gasteiger partial charge on any atom is 0.160 e. The van der Waals surface area contributed by atoms with E-state index in [1.807, 2.05) is 24.3 Å². The maximum atomic E-state index is 5.00. The fourth-order valence-electron chi connectivity index (χ4n) is 4.11. The Balaban J connectivity index is 1.63. The van der Waals surface area contributed by atoms with Crippen molar-refractivity contribution in [2.75, 3.05) is 0 Å². The van der Waals surface area contributed by atoms with Gasteiger partial charge in [-0.1, -0.05) is 79.9 Å². The number of hydrogen-bond acceptors (Lipinski definition) is 2. The van der Waals surface area contributed by atoms with Gasteiger partial charge in [0.15, 0.2) is 5.65 Å². The van der Waals surface area contributed by atoms with Crippen molar-refractivity contribution in [1.29, 1.82) is 0 Å². The Hall–Kier alpha value is -1.46. The third kappa shape index (κ3) is 4.51. The van der Waals surface area contributed by atoms with Crippen LogP contribution in [0.1, 0.15) is 58.3 Å². The largest absolute Gasteiger partial charge is 0.323 e. The number of aromatic nitrogens is 3. The van der Waals surface area contributed by atoms with Crippen molar-refractivity contribution in [2.45, 2.75) is 64.8 Å². The summed E-state index contributed by atoms with van der Waals surface area (Å²) in [5.41, 5.74) is 5.07. The van der Waals surface area contributed by atoms with Crippen LogP contribution >= 0.6 is 31.9 Å². The number of para-hydroxylation sites is 2. The number of rotatable bonds is 9. The highest BCUT2D eigenvalue weighted by Crippen LogP contribution is 2.35. The minimum Gasteiger partial charge on any atom is -0.323 e. The highest BCUT2D eigenvalue weighted by Gasteiger charge is 2.17. The van der Waals surface area contributed by atoms with Gasteiger partial charge in [0.1, 0.15) is 5.52 Å². The molecule has 0 radical (unpaired) electrons. The van der Waals surface area contributed by atoms with Gasteiger partial charge in [0, 0.05) is 20.9 Å². The second-order valence-electron chi connectivity index (χ2n) is 7.79. The van der Waals surface area contributed by atoms with E-state index in [9.17, 15) is 0 Å². The van der Waals surface area contributed by atoms with E-state index in [0.717, 1.165) is 43.1 Å². The smallest absolute Gasteiger partial charge is 0.160 e. The van der Waals surface area contributed by atoms with Crippen molar-refractivity contribution in [3.8, 4) is 0 Å². The van der Waals surface area contributed by atoms with Crippen LogP contribution in [-0.2, 0) is 6.54 Å². The average molecular weight is 517 g/mol. The van der Waals surface area contributed by atoms with Gasteiger partial charge in [0.2, 0.25) is 0 Å². The van der Waals surface area contributed by atoms with Crippen LogP contribution in [-0.4, -0.2) is 14.5 Å². The third-order valence-electron chi connectivity index (χ3n) is 5.60. The molecule has 29 heavy (non-hydrogen) atoms. The van der Waals surface area contributed by atoms with E-state index >= 15 is 0 Å². The van der Waals surface area contributed by atoms with Gasteiger partial charge < -0.3 is 4.57 Å². The third-order valence-corrected chi connectivity index (χ3v) is 6.66. The molecule has 0 aliphatic rings. The van der Waals surface area contributed by atoms with Crippen LogP contribution in [0.15, 0.2) is 45.3 Å². The Morgan fingerprint density at radius 1 is 0.828 bits per heavy atom. The molecule has 0 spiro atoms. The standard InChI is InChI=1S/C24H27Br2N3/c1-2-3-4-5-6-7-8-11-14-29-23-18(15-17(25)16-19(23)26)22-24(29)28-21-13-10-9-12-20(21)27-22/h9-10,12-13,15-16H,2-8,11,14H2,1H3. The number of nitrogens with zero attached hydrogens (tertiary/aromatic N) is 3. The molecule has 0 aliphatic carbocycles. The van der Waals surface area contributed by atoms with Gasteiger partial charge in [0.05, 0.1) is 16.6 Å². The molecule has 0 amide bonds. The molecular formula is C24H27Br2N3. The molecule has 4 rings (SSSR count). The van der Waals surface area contributed by atoms with Crippen LogP contribution in [0.25, 0.3) is 33.1 Å². The highest BCUT2D eigenvalue weighted by molar-refractivity contribution is 9.11. The van der Waals surface area contributed by atoms with E-state index < -0.39 is 0 Å². The van der Waals surface area contributed by atoms with E-state index in [2.05, 4.69) is 55.5 Å². The minimum absolute atomic E-state index is 0.947. The number of aryl methyl sites for hydroxylation is 1. The second kappa shape index (κ2) is 9.57. The Kier molecular flexibility index (Phi) is 6.86. The van der Waals surface area contributed by atoms with Gasteiger partial charge in [-0.05, 0) is 46.6 Å². The first kappa shape index (κ1) is 20.8. The molecule has 152 valence electrons. The molecule has 0 saturated heterocycles. The molecular weight excluding hydrogens is 490 g/mol. The van der Waals surface area contributed by atoms with Crippen LogP contribution in [0.3, 0.4) is 0 Å². The zero-order valence-corrected chi connectivity index (χ0v) is 20.1. The first-order chi connectivity index (χ1) is 14.2. The summed E-state index contributed by atoms with van der Waals surface area (Å²) in [6.07, 6.45) is 10.6. The topological polar surface area (TPSA) is 30.7 Å². The van der Waals surface area contributed by atoms with Crippen LogP contribution in [0.4, 0.5) is 0 Å². The summed E-state index contributed by atoms with van der Waals surface area (Å²) in [7, 11) is 0. The molecule has 2 aromatic carbocycles. The zero-order chi connectivity index (χ0) is 20.2. The number of halogens is 2. The Bertz CT molecular complexity index is 1130. The molecule has 0 bridgehead atoms. The summed E-state index contributed by atoms with van der Waals surface area (Å²) in [5, 5.41) is 1.15. The monoisotopic (exact) mass is 515 g/mol. The molecule has 0 N–H and O–H groups in total. The van der Waals surface area contributed by atoms with Gasteiger partial charge in [-0.25, -0.2) is 9.97 Å². The van der Waals surface area contributed by atoms with Gasteiger partial charge in [-0.3, -0.25) is 0 Å². The number of benzene rings is 2. The number of unbranched alkanes of at least 4 members (excludes halogenated alkanes) is 7. The zero-order valence-electron chi connectivity index (χ0n) is 16.9. The lowest BCUT2D eigenvalue weighted by Crippen LogP contribution is -2.00. The number of hydrogen-bond donors (Lipinski definition) is 0. The molecule has 0 saturated carbocycles. The summed E-state index contributed by atoms with van der Waals surface area (Å²) in [4.78, 5) is 9.97. The summed E-state index contributed by atoms with van der Waals surface area (Å²) in [5.74, 6) is 0. The maximum absolute atomic E-state index is 5.00. The molecule has 2 aromatic heterocycles. The molecule has 0 unspecified atom stereocenters. The summed E-state index contributed by atoms with van der Waals surface area (Å²) < 4.78 is 4.50. The van der Waals surface area contributed by atoms with Crippen LogP contribution in [0, 0.1) is 0 Å². The lowest BCUT2D eigenvalue weighted by Gasteiger charge is -2.08. The molecule has 3 nitrogen and oxygen atoms in total. The fourth-order valence-corrected chi connectivity index (χ4v) is 5.55. The lowest BCUT2D eigenvalue weighted by molar-refractivity contribution is 0.552. The van der Waals surface area contributed by atoms with Crippen molar-refractivity contribution >= 4 is 65.0 Å². The van der Waals surface area contributed by atoms with Crippen molar-refractivity contribution in [1.82, 2.24) is 14.5 Å². The first-order valence-electron chi connectivity index (χ1n) is 10.7. The molecule has 5 heteroatoms. The normalized spacial score (nSPS) is 11.8. The van der Waals surface area contributed by atoms with E-state index in [1.165, 1.54) is 56.9 Å². The summed E-state index contributed by atoms with van der Waals surface area (Å²) >= 11 is 7.42. The Labute approximate surface area is 189 Å². The molecule has 0 atom stereocenters. The van der Waals surface area contributed by atoms with E-state index in [4.69, 9.17) is 9.97 Å². The van der Waals surface area contributed by atoms with Crippen LogP contribution in [0.2, 0.25) is 0 Å². The molecule has 0 aliphatic heterocycles. The van der Waals surface area contributed by atoms with Crippen molar-refractivity contribution in [3.63, 3.8) is 0 Å². The quantitative estimate of drug-likeness (QED) is 0.209. The van der Waals surface area contributed by atoms with Gasteiger partial charge in [-0.15, -0.1) is 0 Å². The SMILES string of the molecule is CCCCCCCCCCn1c2nc3ccccc3nc2c2cc(Br)cc(Br)c21. The molecule has 4 aromatic rings. The predicted octanol–water partition coefficient (Wildman–Crippen LogP) is 8.40. The van der Waals surface area contributed by atoms with E-state index in [0.29, 0.717) is 0 Å². The van der Waals surface area contributed by atoms with E-state index in [1.54, 1.807) is 0 Å². The van der Waals surface area contributed by atoms with Crippen LogP contribution in [0.5, 0.6) is 0 Å². The predicted molar refractivity (Wildman–Crippen MR) is 131 cm³/mol. The fraction of sp³-hybridized carbons (Fsp3) is 0.417. The van der Waals surface area contributed by atoms with Crippen molar-refractivity contribution < 1.29 is 0 Å². The first-order valence-corrected chi connectivity index (χ1v) is 12.3. The molecule has 0 fully saturated rings. The van der Waals surface area contributed by atoms with Crippen molar-refractivity contribution in [2.24, 2.45) is 0 Å². The van der Waals surface area contributed by atoms with Crippen LogP contribution < -0.4 is 0 Å². The van der Waals surface area contributed by atoms with Gasteiger partial charge in [0.25, 0.3) is 0 Å². The van der Waals surface area contributed by atoms with E-state index in [-0.39, 0.29) is 0 Å². The van der Waals surface area contributed by atoms with Crippen molar-refractivity contribution in [3.05, 3.63) is 45.3 Å². The average Bonchev–Trinajstić information content (AvgIpc) is 3.01. The minimum atomic E-state index is 0.947. The van der Waals surface area contributed by atoms with Gasteiger partial charge in [-0.2, -0.15) is 0 Å². The second-order valence-corrected chi connectivity index (χ2v) is 9.56. The Morgan fingerprint density at radius 2 is 1.48 bits per heavy atom.